The van der Waals surface area contributed by atoms with Crippen LogP contribution in [-0.4, -0.2) is 30.0 Å². The Hall–Kier alpha value is -1.72. The lowest BCUT2D eigenvalue weighted by Crippen LogP contribution is -2.33. The quantitative estimate of drug-likeness (QED) is 0.339. The van der Waals surface area contributed by atoms with Crippen molar-refractivity contribution in [1.29, 1.82) is 0 Å². The smallest absolute Gasteiger partial charge is 0.381 e. The molecule has 0 radical (unpaired) electrons. The van der Waals surface area contributed by atoms with Gasteiger partial charge in [-0.15, -0.1) is 0 Å². The number of hydrogen-bond acceptors (Lipinski definition) is 5. The lowest BCUT2D eigenvalue weighted by molar-refractivity contribution is -0.150. The Labute approximate surface area is 100 Å². The van der Waals surface area contributed by atoms with E-state index in [2.05, 4.69) is 15.3 Å². The fourth-order valence-corrected chi connectivity index (χ4v) is 0.697. The zero-order valence-corrected chi connectivity index (χ0v) is 10.8. The number of esters is 1. The van der Waals surface area contributed by atoms with Gasteiger partial charge in [0.25, 0.3) is 5.78 Å². The Morgan fingerprint density at radius 3 is 2.18 bits per heavy atom. The van der Waals surface area contributed by atoms with Gasteiger partial charge in [-0.1, -0.05) is 20.8 Å². The third-order valence-electron chi connectivity index (χ3n) is 1.80. The highest BCUT2D eigenvalue weighted by atomic mass is 16.5. The Bertz CT molecular complexity index is 353. The van der Waals surface area contributed by atoms with Crippen molar-refractivity contribution in [3.05, 3.63) is 0 Å². The Morgan fingerprint density at radius 2 is 1.76 bits per heavy atom. The molecular weight excluding hydrogens is 224 g/mol. The Kier molecular flexibility index (Phi) is 5.50. The predicted molar refractivity (Wildman–Crippen MR) is 62.3 cm³/mol. The van der Waals surface area contributed by atoms with E-state index < -0.39 is 17.2 Å². The van der Waals surface area contributed by atoms with E-state index in [1.54, 1.807) is 27.7 Å². The Morgan fingerprint density at radius 1 is 1.24 bits per heavy atom. The summed E-state index contributed by atoms with van der Waals surface area (Å²) >= 11 is 0. The molecule has 6 nitrogen and oxygen atoms in total. The van der Waals surface area contributed by atoms with Gasteiger partial charge in [0.2, 0.25) is 5.91 Å². The van der Waals surface area contributed by atoms with Crippen molar-refractivity contribution in [2.24, 2.45) is 10.5 Å². The topological polar surface area (TPSA) is 84.8 Å². The van der Waals surface area contributed by atoms with Gasteiger partial charge in [-0.3, -0.25) is 9.59 Å². The number of hydrazone groups is 1. The summed E-state index contributed by atoms with van der Waals surface area (Å²) in [6.07, 6.45) is 0. The molecule has 0 aromatic rings. The second-order valence-electron chi connectivity index (χ2n) is 4.44. The molecule has 96 valence electrons. The molecular formula is C11H18N2O4. The van der Waals surface area contributed by atoms with Crippen LogP contribution >= 0.6 is 0 Å². The van der Waals surface area contributed by atoms with E-state index in [0.717, 1.165) is 0 Å². The van der Waals surface area contributed by atoms with Crippen LogP contribution in [-0.2, 0) is 19.1 Å². The molecule has 6 heteroatoms. The van der Waals surface area contributed by atoms with Gasteiger partial charge in [-0.2, -0.15) is 5.10 Å². The van der Waals surface area contributed by atoms with Gasteiger partial charge in [-0.25, -0.2) is 10.2 Å². The molecule has 17 heavy (non-hydrogen) atoms. The number of ketones is 1. The second kappa shape index (κ2) is 6.12. The second-order valence-corrected chi connectivity index (χ2v) is 4.44. The van der Waals surface area contributed by atoms with Gasteiger partial charge < -0.3 is 4.74 Å². The minimum Gasteiger partial charge on any atom is -0.460 e. The summed E-state index contributed by atoms with van der Waals surface area (Å²) in [5, 5.41) is 3.56. The molecule has 0 bridgehead atoms. The number of nitrogens with zero attached hydrogens (tertiary/aromatic N) is 1. The lowest BCUT2D eigenvalue weighted by Gasteiger charge is -2.15. The monoisotopic (exact) mass is 242 g/mol. The number of carbonyl (C=O) groups is 3. The van der Waals surface area contributed by atoms with Crippen LogP contribution in [0.25, 0.3) is 0 Å². The minimum atomic E-state index is -0.973. The number of ether oxygens (including phenoxy) is 1. The van der Waals surface area contributed by atoms with E-state index >= 15 is 0 Å². The van der Waals surface area contributed by atoms with Crippen LogP contribution in [0.4, 0.5) is 0 Å². The number of hydrogen-bond donors (Lipinski definition) is 1. The van der Waals surface area contributed by atoms with E-state index in [1.165, 1.54) is 6.92 Å². The van der Waals surface area contributed by atoms with Gasteiger partial charge in [-0.05, 0) is 13.8 Å². The van der Waals surface area contributed by atoms with Crippen LogP contribution in [0, 0.1) is 5.41 Å². The molecule has 0 saturated carbocycles. The molecule has 0 saturated heterocycles. The molecule has 0 aromatic heterocycles. The highest BCUT2D eigenvalue weighted by molar-refractivity contribution is 6.63. The van der Waals surface area contributed by atoms with E-state index in [1.807, 2.05) is 0 Å². The number of nitrogens with one attached hydrogen (secondary N) is 1. The number of carbonyl (C=O) groups excluding carboxylic acids is 3. The first kappa shape index (κ1) is 15.3. The fourth-order valence-electron chi connectivity index (χ4n) is 0.697. The maximum absolute atomic E-state index is 11.4. The standard InChI is InChI=1S/C11H18N2O4/c1-6-17-9(15)8(14)7(2)12-13-10(16)11(3,4)5/h6H2,1-5H3,(H,13,16)/b12-7+. The van der Waals surface area contributed by atoms with E-state index in [-0.39, 0.29) is 18.2 Å². The van der Waals surface area contributed by atoms with Crippen LogP contribution in [0.1, 0.15) is 34.6 Å². The molecule has 0 atom stereocenters. The van der Waals surface area contributed by atoms with Gasteiger partial charge in [0, 0.05) is 5.41 Å². The summed E-state index contributed by atoms with van der Waals surface area (Å²) in [4.78, 5) is 33.8. The summed E-state index contributed by atoms with van der Waals surface area (Å²) < 4.78 is 4.52. The van der Waals surface area contributed by atoms with Gasteiger partial charge in [0.05, 0.1) is 6.61 Å². The number of rotatable bonds is 4. The highest BCUT2D eigenvalue weighted by Crippen LogP contribution is 2.12. The van der Waals surface area contributed by atoms with Crippen molar-refractivity contribution in [3.8, 4) is 0 Å². The molecule has 0 aliphatic carbocycles. The van der Waals surface area contributed by atoms with Crippen molar-refractivity contribution in [1.82, 2.24) is 5.43 Å². The fraction of sp³-hybridized carbons (Fsp3) is 0.636. The van der Waals surface area contributed by atoms with Crippen molar-refractivity contribution < 1.29 is 19.1 Å². The first-order valence-corrected chi connectivity index (χ1v) is 5.26. The SMILES string of the molecule is CCOC(=O)C(=O)/C(C)=N/NC(=O)C(C)(C)C. The summed E-state index contributed by atoms with van der Waals surface area (Å²) in [5.74, 6) is -2.17. The molecule has 0 rings (SSSR count). The van der Waals surface area contributed by atoms with Crippen molar-refractivity contribution in [2.75, 3.05) is 6.61 Å². The van der Waals surface area contributed by atoms with E-state index in [4.69, 9.17) is 0 Å². The first-order valence-electron chi connectivity index (χ1n) is 5.26. The van der Waals surface area contributed by atoms with Crippen molar-refractivity contribution in [3.63, 3.8) is 0 Å². The van der Waals surface area contributed by atoms with Crippen LogP contribution in [0.15, 0.2) is 5.10 Å². The molecule has 0 aliphatic heterocycles. The zero-order valence-electron chi connectivity index (χ0n) is 10.8. The summed E-state index contributed by atoms with van der Waals surface area (Å²) in [6, 6.07) is 0. The summed E-state index contributed by atoms with van der Waals surface area (Å²) in [7, 11) is 0. The maximum Gasteiger partial charge on any atom is 0.381 e. The predicted octanol–water partition coefficient (Wildman–Crippen LogP) is 0.657. The van der Waals surface area contributed by atoms with Crippen molar-refractivity contribution >= 4 is 23.4 Å². The third kappa shape index (κ3) is 5.24. The summed E-state index contributed by atoms with van der Waals surface area (Å²) in [5.41, 5.74) is 1.50. The third-order valence-corrected chi connectivity index (χ3v) is 1.80. The number of amides is 1. The summed E-state index contributed by atoms with van der Waals surface area (Å²) in [6.45, 7) is 8.18. The van der Waals surface area contributed by atoms with Crippen LogP contribution in [0.2, 0.25) is 0 Å². The average Bonchev–Trinajstić information content (AvgIpc) is 2.23. The maximum atomic E-state index is 11.4. The van der Waals surface area contributed by atoms with Crippen molar-refractivity contribution in [2.45, 2.75) is 34.6 Å². The highest BCUT2D eigenvalue weighted by Gasteiger charge is 2.22. The molecule has 0 aromatic carbocycles. The molecule has 0 unspecified atom stereocenters. The number of Topliss-reactive ketones (excluding diaryl/α,β-unsaturated/α-hetero) is 1. The molecule has 0 aliphatic rings. The first-order chi connectivity index (χ1) is 7.70. The van der Waals surface area contributed by atoms with Gasteiger partial charge in [0.15, 0.2) is 0 Å². The Balaban J connectivity index is 4.51. The molecule has 0 spiro atoms. The van der Waals surface area contributed by atoms with Gasteiger partial charge in [0.1, 0.15) is 5.71 Å². The van der Waals surface area contributed by atoms with Crippen LogP contribution in [0.5, 0.6) is 0 Å². The van der Waals surface area contributed by atoms with Crippen LogP contribution in [0.3, 0.4) is 0 Å². The lowest BCUT2D eigenvalue weighted by atomic mass is 9.96. The van der Waals surface area contributed by atoms with E-state index in [0.29, 0.717) is 0 Å². The minimum absolute atomic E-state index is 0.110. The molecule has 0 heterocycles. The molecule has 0 fully saturated rings. The molecule has 1 N–H and O–H groups in total. The van der Waals surface area contributed by atoms with E-state index in [9.17, 15) is 14.4 Å². The van der Waals surface area contributed by atoms with Gasteiger partial charge >= 0.3 is 5.97 Å². The zero-order chi connectivity index (χ0) is 13.6. The largest absolute Gasteiger partial charge is 0.460 e. The van der Waals surface area contributed by atoms with Crippen LogP contribution < -0.4 is 5.43 Å². The average molecular weight is 242 g/mol. The molecule has 1 amide bonds. The normalized spacial score (nSPS) is 11.9.